The van der Waals surface area contributed by atoms with E-state index in [1.165, 1.54) is 5.69 Å². The Hall–Kier alpha value is -2.27. The summed E-state index contributed by atoms with van der Waals surface area (Å²) in [6, 6.07) is 12.4. The molecule has 0 aliphatic carbocycles. The number of methoxy groups -OCH3 is 1. The van der Waals surface area contributed by atoms with Crippen LogP contribution >= 0.6 is 0 Å². The van der Waals surface area contributed by atoms with Crippen LogP contribution in [0, 0.1) is 0 Å². The van der Waals surface area contributed by atoms with Crippen molar-refractivity contribution in [2.45, 2.75) is 6.54 Å². The van der Waals surface area contributed by atoms with E-state index in [1.54, 1.807) is 7.11 Å². The van der Waals surface area contributed by atoms with Crippen LogP contribution in [-0.4, -0.2) is 38.3 Å². The van der Waals surface area contributed by atoms with Crippen molar-refractivity contribution in [2.24, 2.45) is 5.73 Å². The van der Waals surface area contributed by atoms with E-state index in [9.17, 15) is 0 Å². The predicted molar refractivity (Wildman–Crippen MR) is 89.5 cm³/mol. The highest BCUT2D eigenvalue weighted by molar-refractivity contribution is 5.51. The number of benzene rings is 1. The molecule has 0 unspecified atom stereocenters. The molecule has 0 amide bonds. The maximum absolute atomic E-state index is 5.61. The van der Waals surface area contributed by atoms with Crippen molar-refractivity contribution in [3.8, 4) is 5.75 Å². The molecule has 2 aromatic rings. The number of rotatable bonds is 4. The number of hydrogen-bond acceptors (Lipinski definition) is 5. The van der Waals surface area contributed by atoms with Gasteiger partial charge >= 0.3 is 0 Å². The average Bonchev–Trinajstić information content (AvgIpc) is 2.62. The van der Waals surface area contributed by atoms with Crippen molar-refractivity contribution in [3.05, 3.63) is 48.2 Å². The van der Waals surface area contributed by atoms with E-state index >= 15 is 0 Å². The smallest absolute Gasteiger partial charge is 0.128 e. The van der Waals surface area contributed by atoms with E-state index in [1.807, 2.05) is 18.3 Å². The first-order valence-electron chi connectivity index (χ1n) is 7.59. The molecule has 3 rings (SSSR count). The second-order valence-electron chi connectivity index (χ2n) is 5.40. The summed E-state index contributed by atoms with van der Waals surface area (Å²) in [5.74, 6) is 1.93. The topological polar surface area (TPSA) is 54.6 Å². The fraction of sp³-hybridized carbons (Fsp3) is 0.353. The first kappa shape index (κ1) is 14.7. The minimum atomic E-state index is 0.540. The molecule has 0 spiro atoms. The van der Waals surface area contributed by atoms with Gasteiger partial charge in [0.15, 0.2) is 0 Å². The van der Waals surface area contributed by atoms with E-state index < -0.39 is 0 Å². The van der Waals surface area contributed by atoms with Crippen LogP contribution < -0.4 is 20.3 Å². The number of anilines is 2. The van der Waals surface area contributed by atoms with Crippen LogP contribution in [0.2, 0.25) is 0 Å². The lowest BCUT2D eigenvalue weighted by molar-refractivity contribution is 0.415. The van der Waals surface area contributed by atoms with Crippen molar-refractivity contribution in [1.29, 1.82) is 0 Å². The Morgan fingerprint density at radius 1 is 1.00 bits per heavy atom. The minimum absolute atomic E-state index is 0.540. The lowest BCUT2D eigenvalue weighted by Gasteiger charge is -2.36. The lowest BCUT2D eigenvalue weighted by Crippen LogP contribution is -2.46. The molecule has 5 nitrogen and oxygen atoms in total. The average molecular weight is 298 g/mol. The molecule has 0 bridgehead atoms. The molecule has 1 saturated heterocycles. The number of piperazine rings is 1. The molecule has 1 aliphatic rings. The number of hydrogen-bond donors (Lipinski definition) is 1. The number of nitrogens with zero attached hydrogens (tertiary/aromatic N) is 3. The van der Waals surface area contributed by atoms with Crippen molar-refractivity contribution in [2.75, 3.05) is 43.1 Å². The third-order valence-electron chi connectivity index (χ3n) is 4.09. The Balaban J connectivity index is 1.61. The van der Waals surface area contributed by atoms with Crippen LogP contribution in [0.4, 0.5) is 11.5 Å². The second-order valence-corrected chi connectivity index (χ2v) is 5.40. The Kier molecular flexibility index (Phi) is 4.44. The maximum Gasteiger partial charge on any atom is 0.128 e. The van der Waals surface area contributed by atoms with Crippen molar-refractivity contribution >= 4 is 11.5 Å². The molecule has 22 heavy (non-hydrogen) atoms. The Bertz CT molecular complexity index is 534. The van der Waals surface area contributed by atoms with Crippen LogP contribution in [0.25, 0.3) is 0 Å². The molecule has 0 atom stereocenters. The van der Waals surface area contributed by atoms with E-state index in [0.29, 0.717) is 6.54 Å². The van der Waals surface area contributed by atoms with Gasteiger partial charge in [0.1, 0.15) is 11.6 Å². The summed E-state index contributed by atoms with van der Waals surface area (Å²) in [4.78, 5) is 9.22. The molecular formula is C17H22N4O. The van der Waals surface area contributed by atoms with Crippen molar-refractivity contribution in [1.82, 2.24) is 4.98 Å². The summed E-state index contributed by atoms with van der Waals surface area (Å²) in [6.07, 6.45) is 1.87. The predicted octanol–water partition coefficient (Wildman–Crippen LogP) is 1.88. The van der Waals surface area contributed by atoms with Crippen LogP contribution in [0.3, 0.4) is 0 Å². The number of pyridine rings is 1. The van der Waals surface area contributed by atoms with E-state index in [4.69, 9.17) is 10.5 Å². The molecule has 2 N–H and O–H groups in total. The fourth-order valence-electron chi connectivity index (χ4n) is 2.71. The molecule has 0 radical (unpaired) electrons. The zero-order chi connectivity index (χ0) is 15.4. The van der Waals surface area contributed by atoms with Gasteiger partial charge < -0.3 is 20.3 Å². The summed E-state index contributed by atoms with van der Waals surface area (Å²) < 4.78 is 5.21. The summed E-state index contributed by atoms with van der Waals surface area (Å²) in [6.45, 7) is 4.47. The lowest BCUT2D eigenvalue weighted by atomic mass is 10.2. The van der Waals surface area contributed by atoms with Gasteiger partial charge in [-0.3, -0.25) is 0 Å². The van der Waals surface area contributed by atoms with Crippen molar-refractivity contribution < 1.29 is 4.74 Å². The van der Waals surface area contributed by atoms with Crippen LogP contribution in [-0.2, 0) is 6.54 Å². The first-order valence-corrected chi connectivity index (χ1v) is 7.59. The molecule has 5 heteroatoms. The summed E-state index contributed by atoms with van der Waals surface area (Å²) >= 11 is 0. The quantitative estimate of drug-likeness (QED) is 0.934. The van der Waals surface area contributed by atoms with Gasteiger partial charge in [-0.1, -0.05) is 6.07 Å². The van der Waals surface area contributed by atoms with Gasteiger partial charge in [0.25, 0.3) is 0 Å². The molecule has 1 aromatic heterocycles. The third-order valence-corrected chi connectivity index (χ3v) is 4.09. The van der Waals surface area contributed by atoms with Crippen LogP contribution in [0.5, 0.6) is 5.75 Å². The van der Waals surface area contributed by atoms with Gasteiger partial charge in [0, 0.05) is 44.6 Å². The number of aromatic nitrogens is 1. The van der Waals surface area contributed by atoms with Gasteiger partial charge in [-0.05, 0) is 35.9 Å². The SMILES string of the molecule is COc1ccc(N2CCN(c3ccc(CN)cn3)CC2)cc1. The molecule has 116 valence electrons. The Morgan fingerprint density at radius 2 is 1.68 bits per heavy atom. The normalized spacial score (nSPS) is 15.0. The third kappa shape index (κ3) is 3.14. The molecule has 2 heterocycles. The van der Waals surface area contributed by atoms with Crippen LogP contribution in [0.1, 0.15) is 5.56 Å². The standard InChI is InChI=1S/C17H22N4O/c1-22-16-5-3-15(4-6-16)20-8-10-21(11-9-20)17-7-2-14(12-18)13-19-17/h2-7,13H,8-12,18H2,1H3. The molecule has 1 fully saturated rings. The minimum Gasteiger partial charge on any atom is -0.497 e. The summed E-state index contributed by atoms with van der Waals surface area (Å²) in [5, 5.41) is 0. The van der Waals surface area contributed by atoms with Gasteiger partial charge in [-0.15, -0.1) is 0 Å². The van der Waals surface area contributed by atoms with E-state index in [2.05, 4.69) is 39.0 Å². The van der Waals surface area contributed by atoms with Gasteiger partial charge in [-0.2, -0.15) is 0 Å². The monoisotopic (exact) mass is 298 g/mol. The number of nitrogens with two attached hydrogens (primary N) is 1. The van der Waals surface area contributed by atoms with E-state index in [0.717, 1.165) is 43.3 Å². The zero-order valence-corrected chi connectivity index (χ0v) is 12.9. The van der Waals surface area contributed by atoms with Gasteiger partial charge in [-0.25, -0.2) is 4.98 Å². The maximum atomic E-state index is 5.61. The molecule has 0 saturated carbocycles. The molecule has 1 aliphatic heterocycles. The highest BCUT2D eigenvalue weighted by Crippen LogP contribution is 2.22. The number of ether oxygens (including phenoxy) is 1. The summed E-state index contributed by atoms with van der Waals surface area (Å²) in [7, 11) is 1.69. The Labute approximate surface area is 131 Å². The zero-order valence-electron chi connectivity index (χ0n) is 12.9. The van der Waals surface area contributed by atoms with Gasteiger partial charge in [0.2, 0.25) is 0 Å². The van der Waals surface area contributed by atoms with Crippen molar-refractivity contribution in [3.63, 3.8) is 0 Å². The van der Waals surface area contributed by atoms with Gasteiger partial charge in [0.05, 0.1) is 7.11 Å². The van der Waals surface area contributed by atoms with Crippen LogP contribution in [0.15, 0.2) is 42.6 Å². The highest BCUT2D eigenvalue weighted by atomic mass is 16.5. The molecular weight excluding hydrogens is 276 g/mol. The second kappa shape index (κ2) is 6.66. The Morgan fingerprint density at radius 3 is 2.23 bits per heavy atom. The summed E-state index contributed by atoms with van der Waals surface area (Å²) in [5.41, 5.74) is 7.92. The first-order chi connectivity index (χ1) is 10.8. The highest BCUT2D eigenvalue weighted by Gasteiger charge is 2.18. The fourth-order valence-corrected chi connectivity index (χ4v) is 2.71. The largest absolute Gasteiger partial charge is 0.497 e. The molecule has 1 aromatic carbocycles. The van der Waals surface area contributed by atoms with E-state index in [-0.39, 0.29) is 0 Å².